The van der Waals surface area contributed by atoms with Crippen LogP contribution < -0.4 is 0 Å². The van der Waals surface area contributed by atoms with Crippen molar-refractivity contribution in [3.8, 4) is 5.82 Å². The highest BCUT2D eigenvalue weighted by atomic mass is 16.5. The van der Waals surface area contributed by atoms with E-state index in [0.29, 0.717) is 12.2 Å². The monoisotopic (exact) mass is 338 g/mol. The molecule has 0 aromatic carbocycles. The lowest BCUT2D eigenvalue weighted by Crippen LogP contribution is -2.44. The average molecular weight is 338 g/mol. The van der Waals surface area contributed by atoms with Crippen molar-refractivity contribution in [1.82, 2.24) is 19.4 Å². The Kier molecular flexibility index (Phi) is 4.36. The number of carbonyl (C=O) groups is 1. The standard InChI is InChI=1S/C19H22N4O2/c24-18(16-3-4-17(21-13-16)23-11-8-20-15-23)22-9-6-19(7-10-22)5-1-2-12-25-14-19/h1-4,8,11,13,15H,5-7,9-10,12,14H2. The van der Waals surface area contributed by atoms with Crippen molar-refractivity contribution >= 4 is 5.91 Å². The van der Waals surface area contributed by atoms with Crippen molar-refractivity contribution < 1.29 is 9.53 Å². The maximum Gasteiger partial charge on any atom is 0.255 e. The number of hydrogen-bond acceptors (Lipinski definition) is 4. The average Bonchev–Trinajstić information content (AvgIpc) is 3.11. The number of pyridine rings is 1. The third-order valence-electron chi connectivity index (χ3n) is 5.21. The SMILES string of the molecule is O=C(c1ccc(-n2ccnc2)nc1)N1CCC2(CC=CCOC2)CC1. The van der Waals surface area contributed by atoms with Crippen LogP contribution in [0, 0.1) is 5.41 Å². The molecule has 6 nitrogen and oxygen atoms in total. The van der Waals surface area contributed by atoms with Crippen LogP contribution in [0.3, 0.4) is 0 Å². The fraction of sp³-hybridized carbons (Fsp3) is 0.421. The molecule has 2 aliphatic rings. The summed E-state index contributed by atoms with van der Waals surface area (Å²) in [5, 5.41) is 0. The Balaban J connectivity index is 1.41. The van der Waals surface area contributed by atoms with Crippen LogP contribution in [0.4, 0.5) is 0 Å². The fourth-order valence-corrected chi connectivity index (χ4v) is 3.58. The van der Waals surface area contributed by atoms with Crippen LogP contribution in [-0.2, 0) is 4.74 Å². The normalized spacial score (nSPS) is 19.8. The Labute approximate surface area is 147 Å². The van der Waals surface area contributed by atoms with Crippen LogP contribution in [0.1, 0.15) is 29.6 Å². The van der Waals surface area contributed by atoms with Gasteiger partial charge >= 0.3 is 0 Å². The molecule has 2 aromatic rings. The summed E-state index contributed by atoms with van der Waals surface area (Å²) in [4.78, 5) is 23.1. The van der Waals surface area contributed by atoms with E-state index in [2.05, 4.69) is 22.1 Å². The Morgan fingerprint density at radius 1 is 1.20 bits per heavy atom. The van der Waals surface area contributed by atoms with Gasteiger partial charge < -0.3 is 9.64 Å². The van der Waals surface area contributed by atoms with Gasteiger partial charge in [0.15, 0.2) is 0 Å². The summed E-state index contributed by atoms with van der Waals surface area (Å²) in [5.41, 5.74) is 0.838. The van der Waals surface area contributed by atoms with Crippen LogP contribution in [0.2, 0.25) is 0 Å². The molecule has 0 aliphatic carbocycles. The first-order valence-corrected chi connectivity index (χ1v) is 8.72. The fourth-order valence-electron chi connectivity index (χ4n) is 3.58. The molecule has 4 heterocycles. The van der Waals surface area contributed by atoms with Crippen molar-refractivity contribution in [2.45, 2.75) is 19.3 Å². The number of likely N-dealkylation sites (tertiary alicyclic amines) is 1. The van der Waals surface area contributed by atoms with Crippen molar-refractivity contribution in [1.29, 1.82) is 0 Å². The highest BCUT2D eigenvalue weighted by molar-refractivity contribution is 5.94. The minimum atomic E-state index is 0.0598. The third kappa shape index (κ3) is 3.35. The van der Waals surface area contributed by atoms with E-state index in [4.69, 9.17) is 4.74 Å². The molecule has 1 amide bonds. The summed E-state index contributed by atoms with van der Waals surface area (Å²) in [6.45, 7) is 3.06. The molecule has 0 unspecified atom stereocenters. The van der Waals surface area contributed by atoms with Crippen LogP contribution in [-0.4, -0.2) is 51.6 Å². The van der Waals surface area contributed by atoms with E-state index in [-0.39, 0.29) is 11.3 Å². The zero-order valence-electron chi connectivity index (χ0n) is 14.2. The summed E-state index contributed by atoms with van der Waals surface area (Å²) in [6.07, 6.45) is 14.2. The molecule has 0 atom stereocenters. The molecule has 1 saturated heterocycles. The first-order chi connectivity index (χ1) is 12.3. The van der Waals surface area contributed by atoms with E-state index >= 15 is 0 Å². The van der Waals surface area contributed by atoms with Gasteiger partial charge in [-0.25, -0.2) is 9.97 Å². The predicted octanol–water partition coefficient (Wildman–Crippen LogP) is 2.47. The van der Waals surface area contributed by atoms with Gasteiger partial charge in [-0.3, -0.25) is 9.36 Å². The molecule has 0 radical (unpaired) electrons. The van der Waals surface area contributed by atoms with E-state index in [1.165, 1.54) is 0 Å². The van der Waals surface area contributed by atoms with Crippen LogP contribution in [0.25, 0.3) is 5.82 Å². The Hall–Kier alpha value is -2.47. The highest BCUT2D eigenvalue weighted by Crippen LogP contribution is 2.37. The second-order valence-electron chi connectivity index (χ2n) is 6.86. The number of carbonyl (C=O) groups excluding carboxylic acids is 1. The third-order valence-corrected chi connectivity index (χ3v) is 5.21. The van der Waals surface area contributed by atoms with Crippen molar-refractivity contribution in [3.05, 3.63) is 54.8 Å². The van der Waals surface area contributed by atoms with Gasteiger partial charge in [-0.2, -0.15) is 0 Å². The second kappa shape index (κ2) is 6.80. The number of hydrogen-bond donors (Lipinski definition) is 0. The Bertz CT molecular complexity index is 744. The molecule has 4 rings (SSSR count). The number of nitrogens with zero attached hydrogens (tertiary/aromatic N) is 4. The molecule has 130 valence electrons. The van der Waals surface area contributed by atoms with Crippen molar-refractivity contribution in [2.75, 3.05) is 26.3 Å². The Morgan fingerprint density at radius 3 is 2.80 bits per heavy atom. The van der Waals surface area contributed by atoms with E-state index < -0.39 is 0 Å². The lowest BCUT2D eigenvalue weighted by Gasteiger charge is -2.40. The maximum absolute atomic E-state index is 12.8. The quantitative estimate of drug-likeness (QED) is 0.789. The van der Waals surface area contributed by atoms with Gasteiger partial charge in [0.05, 0.1) is 18.8 Å². The van der Waals surface area contributed by atoms with Gasteiger partial charge in [-0.1, -0.05) is 12.2 Å². The van der Waals surface area contributed by atoms with Gasteiger partial charge in [0.2, 0.25) is 0 Å². The largest absolute Gasteiger partial charge is 0.377 e. The van der Waals surface area contributed by atoms with Crippen LogP contribution in [0.15, 0.2) is 49.2 Å². The lowest BCUT2D eigenvalue weighted by atomic mass is 9.76. The summed E-state index contributed by atoms with van der Waals surface area (Å²) in [5.74, 6) is 0.818. The molecule has 6 heteroatoms. The Morgan fingerprint density at radius 2 is 2.08 bits per heavy atom. The summed E-state index contributed by atoms with van der Waals surface area (Å²) in [7, 11) is 0. The zero-order chi connectivity index (χ0) is 17.1. The molecule has 2 aromatic heterocycles. The molecule has 0 N–H and O–H groups in total. The smallest absolute Gasteiger partial charge is 0.255 e. The highest BCUT2D eigenvalue weighted by Gasteiger charge is 2.36. The van der Waals surface area contributed by atoms with E-state index in [9.17, 15) is 4.79 Å². The van der Waals surface area contributed by atoms with E-state index in [1.54, 1.807) is 18.7 Å². The molecule has 2 aliphatic heterocycles. The summed E-state index contributed by atoms with van der Waals surface area (Å²) < 4.78 is 7.53. The topological polar surface area (TPSA) is 60.2 Å². The minimum Gasteiger partial charge on any atom is -0.377 e. The van der Waals surface area contributed by atoms with Gasteiger partial charge in [0.25, 0.3) is 5.91 Å². The van der Waals surface area contributed by atoms with E-state index in [0.717, 1.165) is 44.8 Å². The number of allylic oxidation sites excluding steroid dienone is 1. The number of aromatic nitrogens is 3. The molecule has 1 spiro atoms. The first-order valence-electron chi connectivity index (χ1n) is 8.72. The molecule has 0 bridgehead atoms. The number of rotatable bonds is 2. The van der Waals surface area contributed by atoms with Gasteiger partial charge in [0.1, 0.15) is 12.1 Å². The van der Waals surface area contributed by atoms with Crippen molar-refractivity contribution in [2.24, 2.45) is 5.41 Å². The lowest BCUT2D eigenvalue weighted by molar-refractivity contribution is 0.0163. The second-order valence-corrected chi connectivity index (χ2v) is 6.86. The molecular weight excluding hydrogens is 316 g/mol. The number of piperidine rings is 1. The maximum atomic E-state index is 12.8. The van der Waals surface area contributed by atoms with Gasteiger partial charge in [0, 0.05) is 37.1 Å². The first kappa shape index (κ1) is 16.0. The summed E-state index contributed by atoms with van der Waals surface area (Å²) in [6, 6.07) is 3.69. The summed E-state index contributed by atoms with van der Waals surface area (Å²) >= 11 is 0. The number of ether oxygens (including phenoxy) is 1. The van der Waals surface area contributed by atoms with Crippen molar-refractivity contribution in [3.63, 3.8) is 0 Å². The van der Waals surface area contributed by atoms with Gasteiger partial charge in [-0.15, -0.1) is 0 Å². The van der Waals surface area contributed by atoms with Crippen LogP contribution >= 0.6 is 0 Å². The number of imidazole rings is 1. The molecule has 1 fully saturated rings. The molecule has 0 saturated carbocycles. The van der Waals surface area contributed by atoms with Crippen LogP contribution in [0.5, 0.6) is 0 Å². The predicted molar refractivity (Wildman–Crippen MR) is 93.5 cm³/mol. The van der Waals surface area contributed by atoms with E-state index in [1.807, 2.05) is 27.8 Å². The molecule has 25 heavy (non-hydrogen) atoms. The zero-order valence-corrected chi connectivity index (χ0v) is 14.2. The minimum absolute atomic E-state index is 0.0598. The number of amides is 1. The van der Waals surface area contributed by atoms with Gasteiger partial charge in [-0.05, 0) is 31.4 Å². The molecular formula is C19H22N4O2.